The van der Waals surface area contributed by atoms with Crippen molar-refractivity contribution in [1.82, 2.24) is 5.32 Å². The van der Waals surface area contributed by atoms with Crippen molar-refractivity contribution in [3.8, 4) is 5.75 Å². The number of aliphatic hydroxyl groups is 1. The van der Waals surface area contributed by atoms with E-state index in [-0.39, 0.29) is 24.6 Å². The number of benzene rings is 2. The van der Waals surface area contributed by atoms with Crippen LogP contribution in [0.3, 0.4) is 0 Å². The van der Waals surface area contributed by atoms with Crippen molar-refractivity contribution in [2.24, 2.45) is 0 Å². The van der Waals surface area contributed by atoms with E-state index in [4.69, 9.17) is 4.74 Å². The predicted octanol–water partition coefficient (Wildman–Crippen LogP) is 2.15. The van der Waals surface area contributed by atoms with E-state index in [9.17, 15) is 14.3 Å². The van der Waals surface area contributed by atoms with E-state index >= 15 is 0 Å². The fourth-order valence-electron chi connectivity index (χ4n) is 2.56. The highest BCUT2D eigenvalue weighted by Gasteiger charge is 2.30. The molecule has 22 heavy (non-hydrogen) atoms. The number of para-hydroxylation sites is 1. The fourth-order valence-corrected chi connectivity index (χ4v) is 2.56. The van der Waals surface area contributed by atoms with Crippen molar-refractivity contribution in [3.05, 3.63) is 65.5 Å². The number of nitrogens with one attached hydrogen (secondary N) is 1. The zero-order chi connectivity index (χ0) is 15.5. The molecule has 1 aliphatic heterocycles. The molecular weight excluding hydrogens is 285 g/mol. The first kappa shape index (κ1) is 14.5. The first-order valence-electron chi connectivity index (χ1n) is 7.08. The fraction of sp³-hybridized carbons (Fsp3) is 0.235. The molecule has 0 unspecified atom stereocenters. The standard InChI is InChI=1S/C17H16FNO3/c18-14-7-3-1-6-12(14)15(20)9-19-17(21)13-10-22-16-8-4-2-5-11(13)16/h1-8,13,15,20H,9-10H2,(H,19,21)/t13-,15+/m1/s1. The van der Waals surface area contributed by atoms with Gasteiger partial charge in [0.2, 0.25) is 5.91 Å². The van der Waals surface area contributed by atoms with Crippen LogP contribution in [-0.4, -0.2) is 24.2 Å². The Labute approximate surface area is 127 Å². The van der Waals surface area contributed by atoms with Crippen molar-refractivity contribution in [1.29, 1.82) is 0 Å². The summed E-state index contributed by atoms with van der Waals surface area (Å²) in [6.45, 7) is 0.236. The molecule has 2 aromatic rings. The first-order chi connectivity index (χ1) is 10.7. The van der Waals surface area contributed by atoms with Gasteiger partial charge in [0, 0.05) is 17.7 Å². The van der Waals surface area contributed by atoms with Crippen LogP contribution in [0.1, 0.15) is 23.1 Å². The summed E-state index contributed by atoms with van der Waals surface area (Å²) in [5, 5.41) is 12.7. The Balaban J connectivity index is 1.63. The minimum Gasteiger partial charge on any atom is -0.492 e. The molecular formula is C17H16FNO3. The van der Waals surface area contributed by atoms with Crippen LogP contribution < -0.4 is 10.1 Å². The summed E-state index contributed by atoms with van der Waals surface area (Å²) in [5.74, 6) is -0.416. The number of carbonyl (C=O) groups excluding carboxylic acids is 1. The van der Waals surface area contributed by atoms with Gasteiger partial charge in [-0.3, -0.25) is 4.79 Å². The maximum absolute atomic E-state index is 13.6. The second-order valence-corrected chi connectivity index (χ2v) is 5.18. The maximum Gasteiger partial charge on any atom is 0.231 e. The van der Waals surface area contributed by atoms with E-state index in [2.05, 4.69) is 5.32 Å². The number of carbonyl (C=O) groups is 1. The van der Waals surface area contributed by atoms with Gasteiger partial charge in [-0.1, -0.05) is 36.4 Å². The molecule has 0 fully saturated rings. The zero-order valence-electron chi connectivity index (χ0n) is 11.8. The summed E-state index contributed by atoms with van der Waals surface area (Å²) >= 11 is 0. The monoisotopic (exact) mass is 301 g/mol. The molecule has 0 saturated carbocycles. The number of ether oxygens (including phenoxy) is 1. The minimum absolute atomic E-state index is 0.0432. The molecule has 1 aliphatic rings. The molecule has 0 aliphatic carbocycles. The normalized spacial score (nSPS) is 17.5. The molecule has 3 rings (SSSR count). The van der Waals surface area contributed by atoms with Gasteiger partial charge in [-0.2, -0.15) is 0 Å². The summed E-state index contributed by atoms with van der Waals surface area (Å²) in [6, 6.07) is 13.3. The average Bonchev–Trinajstić information content (AvgIpc) is 2.97. The van der Waals surface area contributed by atoms with Gasteiger partial charge in [-0.05, 0) is 12.1 Å². The number of hydrogen-bond donors (Lipinski definition) is 2. The number of amides is 1. The van der Waals surface area contributed by atoms with Gasteiger partial charge in [-0.15, -0.1) is 0 Å². The van der Waals surface area contributed by atoms with Crippen LogP contribution in [0.4, 0.5) is 4.39 Å². The van der Waals surface area contributed by atoms with Crippen LogP contribution in [0.5, 0.6) is 5.75 Å². The Hall–Kier alpha value is -2.40. The van der Waals surface area contributed by atoms with Crippen LogP contribution in [0.25, 0.3) is 0 Å². The molecule has 2 aromatic carbocycles. The molecule has 0 aromatic heterocycles. The minimum atomic E-state index is -1.08. The second kappa shape index (κ2) is 6.15. The molecule has 4 nitrogen and oxygen atoms in total. The van der Waals surface area contributed by atoms with E-state index in [1.54, 1.807) is 12.1 Å². The predicted molar refractivity (Wildman–Crippen MR) is 79.0 cm³/mol. The number of hydrogen-bond acceptors (Lipinski definition) is 3. The smallest absolute Gasteiger partial charge is 0.231 e. The molecule has 0 bridgehead atoms. The Morgan fingerprint density at radius 1 is 1.27 bits per heavy atom. The molecule has 0 saturated heterocycles. The number of aliphatic hydroxyl groups excluding tert-OH is 1. The quantitative estimate of drug-likeness (QED) is 0.910. The Morgan fingerprint density at radius 3 is 2.82 bits per heavy atom. The van der Waals surface area contributed by atoms with Gasteiger partial charge in [0.1, 0.15) is 24.1 Å². The van der Waals surface area contributed by atoms with Crippen molar-refractivity contribution in [2.45, 2.75) is 12.0 Å². The van der Waals surface area contributed by atoms with E-state index in [0.29, 0.717) is 5.75 Å². The maximum atomic E-state index is 13.6. The molecule has 2 N–H and O–H groups in total. The molecule has 1 amide bonds. The lowest BCUT2D eigenvalue weighted by atomic mass is 10.0. The highest BCUT2D eigenvalue weighted by atomic mass is 19.1. The molecule has 0 radical (unpaired) electrons. The summed E-state index contributed by atoms with van der Waals surface area (Å²) in [7, 11) is 0. The van der Waals surface area contributed by atoms with Crippen LogP contribution in [-0.2, 0) is 4.79 Å². The van der Waals surface area contributed by atoms with Crippen molar-refractivity contribution in [3.63, 3.8) is 0 Å². The van der Waals surface area contributed by atoms with Crippen molar-refractivity contribution >= 4 is 5.91 Å². The summed E-state index contributed by atoms with van der Waals surface area (Å²) < 4.78 is 19.0. The van der Waals surface area contributed by atoms with E-state index < -0.39 is 17.8 Å². The number of halogens is 1. The molecule has 114 valence electrons. The third kappa shape index (κ3) is 2.80. The highest BCUT2D eigenvalue weighted by Crippen LogP contribution is 2.33. The second-order valence-electron chi connectivity index (χ2n) is 5.18. The van der Waals surface area contributed by atoms with Crippen LogP contribution in [0.15, 0.2) is 48.5 Å². The molecule has 1 heterocycles. The lowest BCUT2D eigenvalue weighted by Crippen LogP contribution is -2.33. The highest BCUT2D eigenvalue weighted by molar-refractivity contribution is 5.85. The van der Waals surface area contributed by atoms with Gasteiger partial charge in [-0.25, -0.2) is 4.39 Å². The number of fused-ring (bicyclic) bond motifs is 1. The lowest BCUT2D eigenvalue weighted by molar-refractivity contribution is -0.123. The third-order valence-corrected chi connectivity index (χ3v) is 3.75. The van der Waals surface area contributed by atoms with Gasteiger partial charge in [0.25, 0.3) is 0 Å². The van der Waals surface area contributed by atoms with E-state index in [0.717, 1.165) is 5.56 Å². The van der Waals surface area contributed by atoms with Gasteiger partial charge >= 0.3 is 0 Å². The molecule has 5 heteroatoms. The lowest BCUT2D eigenvalue weighted by Gasteiger charge is -2.15. The molecule has 0 spiro atoms. The topological polar surface area (TPSA) is 58.6 Å². The van der Waals surface area contributed by atoms with Crippen LogP contribution in [0.2, 0.25) is 0 Å². The summed E-state index contributed by atoms with van der Waals surface area (Å²) in [6.07, 6.45) is -1.08. The van der Waals surface area contributed by atoms with E-state index in [1.807, 2.05) is 24.3 Å². The molecule has 2 atom stereocenters. The van der Waals surface area contributed by atoms with Gasteiger partial charge in [0.05, 0.1) is 6.10 Å². The van der Waals surface area contributed by atoms with Crippen molar-refractivity contribution in [2.75, 3.05) is 13.2 Å². The van der Waals surface area contributed by atoms with Crippen molar-refractivity contribution < 1.29 is 19.0 Å². The average molecular weight is 301 g/mol. The van der Waals surface area contributed by atoms with Crippen LogP contribution in [0, 0.1) is 5.82 Å². The van der Waals surface area contributed by atoms with Crippen LogP contribution >= 0.6 is 0 Å². The Morgan fingerprint density at radius 2 is 2.00 bits per heavy atom. The first-order valence-corrected chi connectivity index (χ1v) is 7.08. The summed E-state index contributed by atoms with van der Waals surface area (Å²) in [4.78, 5) is 12.2. The van der Waals surface area contributed by atoms with E-state index in [1.165, 1.54) is 12.1 Å². The zero-order valence-corrected chi connectivity index (χ0v) is 11.8. The van der Waals surface area contributed by atoms with Gasteiger partial charge < -0.3 is 15.2 Å². The third-order valence-electron chi connectivity index (χ3n) is 3.75. The Bertz CT molecular complexity index is 689. The number of rotatable bonds is 4. The Kier molecular flexibility index (Phi) is 4.06. The van der Waals surface area contributed by atoms with Gasteiger partial charge in [0.15, 0.2) is 0 Å². The largest absolute Gasteiger partial charge is 0.492 e. The SMILES string of the molecule is O=C(NC[C@H](O)c1ccccc1F)[C@@H]1COc2ccccc21. The summed E-state index contributed by atoms with van der Waals surface area (Å²) in [5.41, 5.74) is 1.01.